The van der Waals surface area contributed by atoms with Gasteiger partial charge < -0.3 is 28.5 Å². The highest BCUT2D eigenvalue weighted by Gasteiger charge is 2.18. The molecule has 16 heavy (non-hydrogen) atoms. The first-order chi connectivity index (χ1) is 7.63. The first-order valence-electron chi connectivity index (χ1n) is 4.28. The summed E-state index contributed by atoms with van der Waals surface area (Å²) in [5, 5.41) is 0. The minimum Gasteiger partial charge on any atom is -0.493 e. The average Bonchev–Trinajstić information content (AvgIpc) is 2.27. The molecule has 1 rings (SSSR count). The van der Waals surface area contributed by atoms with Crippen molar-refractivity contribution in [2.75, 3.05) is 21.3 Å². The molecular formula is C9H13O6P. The minimum absolute atomic E-state index is 0.177. The maximum atomic E-state index is 8.79. The molecule has 0 spiro atoms. The summed E-state index contributed by atoms with van der Waals surface area (Å²) in [6, 6.07) is 3.08. The van der Waals surface area contributed by atoms with Crippen molar-refractivity contribution >= 4 is 8.60 Å². The van der Waals surface area contributed by atoms with E-state index >= 15 is 0 Å². The van der Waals surface area contributed by atoms with Crippen LogP contribution in [-0.4, -0.2) is 31.1 Å². The van der Waals surface area contributed by atoms with Gasteiger partial charge in [-0.25, -0.2) is 0 Å². The number of hydrogen-bond acceptors (Lipinski definition) is 6. The van der Waals surface area contributed by atoms with Crippen molar-refractivity contribution in [2.24, 2.45) is 0 Å². The van der Waals surface area contributed by atoms with Gasteiger partial charge in [0.2, 0.25) is 11.5 Å². The molecular weight excluding hydrogens is 235 g/mol. The molecule has 1 aromatic rings. The van der Waals surface area contributed by atoms with Gasteiger partial charge in [-0.2, -0.15) is 0 Å². The number of benzene rings is 1. The Morgan fingerprint density at radius 1 is 0.875 bits per heavy atom. The Balaban J connectivity index is 3.20. The fourth-order valence-electron chi connectivity index (χ4n) is 1.23. The van der Waals surface area contributed by atoms with Crippen molar-refractivity contribution in [1.29, 1.82) is 0 Å². The zero-order valence-electron chi connectivity index (χ0n) is 9.13. The second kappa shape index (κ2) is 5.75. The molecule has 0 heterocycles. The van der Waals surface area contributed by atoms with Crippen molar-refractivity contribution in [3.63, 3.8) is 0 Å². The maximum absolute atomic E-state index is 8.79. The zero-order valence-corrected chi connectivity index (χ0v) is 10.0. The molecule has 0 unspecified atom stereocenters. The van der Waals surface area contributed by atoms with E-state index in [-0.39, 0.29) is 11.5 Å². The third-order valence-electron chi connectivity index (χ3n) is 1.85. The van der Waals surface area contributed by atoms with Crippen molar-refractivity contribution < 1.29 is 28.5 Å². The Morgan fingerprint density at radius 3 is 1.81 bits per heavy atom. The summed E-state index contributed by atoms with van der Waals surface area (Å²) in [6.07, 6.45) is 0. The van der Waals surface area contributed by atoms with Crippen LogP contribution in [0, 0.1) is 0 Å². The minimum atomic E-state index is -2.51. The molecule has 0 amide bonds. The van der Waals surface area contributed by atoms with Crippen LogP contribution < -0.4 is 18.7 Å². The standard InChI is InChI=1S/C9H13O6P/c1-12-6-4-5-7(15-16(10)11)9(14-3)8(6)13-2/h4-5,10-11H,1-3H3. The van der Waals surface area contributed by atoms with E-state index in [1.165, 1.54) is 27.4 Å². The maximum Gasteiger partial charge on any atom is 0.391 e. The molecule has 0 radical (unpaired) electrons. The summed E-state index contributed by atoms with van der Waals surface area (Å²) < 4.78 is 20.0. The summed E-state index contributed by atoms with van der Waals surface area (Å²) in [5.41, 5.74) is 0. The van der Waals surface area contributed by atoms with Crippen LogP contribution >= 0.6 is 8.60 Å². The summed E-state index contributed by atoms with van der Waals surface area (Å²) in [4.78, 5) is 17.6. The second-order valence-electron chi connectivity index (χ2n) is 2.68. The number of hydrogen-bond donors (Lipinski definition) is 2. The van der Waals surface area contributed by atoms with Gasteiger partial charge in [-0.3, -0.25) is 0 Å². The Hall–Kier alpha value is -1.23. The normalized spacial score (nSPS) is 10.1. The first-order valence-corrected chi connectivity index (χ1v) is 5.45. The summed E-state index contributed by atoms with van der Waals surface area (Å²) in [5.74, 6) is 1.22. The Morgan fingerprint density at radius 2 is 1.38 bits per heavy atom. The third-order valence-corrected chi connectivity index (χ3v) is 2.21. The molecule has 0 saturated heterocycles. The molecule has 7 heteroatoms. The summed E-state index contributed by atoms with van der Waals surface area (Å²) >= 11 is 0. The molecule has 0 atom stereocenters. The third kappa shape index (κ3) is 2.66. The lowest BCUT2D eigenvalue weighted by Crippen LogP contribution is -1.97. The lowest BCUT2D eigenvalue weighted by atomic mass is 10.2. The van der Waals surface area contributed by atoms with E-state index in [2.05, 4.69) is 0 Å². The van der Waals surface area contributed by atoms with Gasteiger partial charge in [-0.15, -0.1) is 0 Å². The highest BCUT2D eigenvalue weighted by atomic mass is 31.2. The Kier molecular flexibility index (Phi) is 4.61. The Bertz CT molecular complexity index is 354. The van der Waals surface area contributed by atoms with E-state index in [0.29, 0.717) is 11.5 Å². The van der Waals surface area contributed by atoms with Crippen LogP contribution in [0.4, 0.5) is 0 Å². The van der Waals surface area contributed by atoms with Crippen molar-refractivity contribution in [3.8, 4) is 23.0 Å². The van der Waals surface area contributed by atoms with Crippen LogP contribution in [0.2, 0.25) is 0 Å². The molecule has 0 fully saturated rings. The lowest BCUT2D eigenvalue weighted by molar-refractivity contribution is 0.310. The predicted molar refractivity (Wildman–Crippen MR) is 58.1 cm³/mol. The largest absolute Gasteiger partial charge is 0.493 e. The molecule has 0 bridgehead atoms. The fourth-order valence-corrected chi connectivity index (χ4v) is 1.55. The Labute approximate surface area is 94.3 Å². The molecule has 0 aliphatic rings. The van der Waals surface area contributed by atoms with E-state index in [9.17, 15) is 0 Å². The van der Waals surface area contributed by atoms with Gasteiger partial charge in [-0.05, 0) is 12.1 Å². The van der Waals surface area contributed by atoms with Gasteiger partial charge in [-0.1, -0.05) is 0 Å². The van der Waals surface area contributed by atoms with Crippen LogP contribution in [0.5, 0.6) is 23.0 Å². The van der Waals surface area contributed by atoms with Crippen LogP contribution in [0.3, 0.4) is 0 Å². The molecule has 0 aromatic heterocycles. The van der Waals surface area contributed by atoms with E-state index in [1.54, 1.807) is 6.07 Å². The van der Waals surface area contributed by atoms with Crippen LogP contribution in [0.1, 0.15) is 0 Å². The van der Waals surface area contributed by atoms with Gasteiger partial charge in [0.15, 0.2) is 11.5 Å². The molecule has 0 aliphatic carbocycles. The predicted octanol–water partition coefficient (Wildman–Crippen LogP) is 1.30. The van der Waals surface area contributed by atoms with Gasteiger partial charge in [0.1, 0.15) is 0 Å². The van der Waals surface area contributed by atoms with E-state index in [0.717, 1.165) is 0 Å². The highest BCUT2D eigenvalue weighted by molar-refractivity contribution is 7.39. The van der Waals surface area contributed by atoms with E-state index in [4.69, 9.17) is 28.5 Å². The number of methoxy groups -OCH3 is 3. The SMILES string of the molecule is COc1ccc(OP(O)O)c(OC)c1OC. The number of rotatable bonds is 5. The molecule has 6 nitrogen and oxygen atoms in total. The smallest absolute Gasteiger partial charge is 0.391 e. The summed E-state index contributed by atoms with van der Waals surface area (Å²) in [6.45, 7) is 0. The van der Waals surface area contributed by atoms with Gasteiger partial charge in [0, 0.05) is 0 Å². The average molecular weight is 248 g/mol. The van der Waals surface area contributed by atoms with Crippen LogP contribution in [-0.2, 0) is 0 Å². The summed E-state index contributed by atoms with van der Waals surface area (Å²) in [7, 11) is 1.85. The first kappa shape index (κ1) is 12.8. The van der Waals surface area contributed by atoms with Gasteiger partial charge in [0.05, 0.1) is 21.3 Å². The monoisotopic (exact) mass is 248 g/mol. The molecule has 0 aliphatic heterocycles. The number of ether oxygens (including phenoxy) is 3. The highest BCUT2D eigenvalue weighted by Crippen LogP contribution is 2.46. The van der Waals surface area contributed by atoms with Crippen molar-refractivity contribution in [3.05, 3.63) is 12.1 Å². The topological polar surface area (TPSA) is 77.4 Å². The lowest BCUT2D eigenvalue weighted by Gasteiger charge is -2.15. The van der Waals surface area contributed by atoms with E-state index < -0.39 is 8.60 Å². The zero-order chi connectivity index (χ0) is 12.1. The fraction of sp³-hybridized carbons (Fsp3) is 0.333. The van der Waals surface area contributed by atoms with Crippen LogP contribution in [0.15, 0.2) is 12.1 Å². The van der Waals surface area contributed by atoms with Crippen molar-refractivity contribution in [2.45, 2.75) is 0 Å². The second-order valence-corrected chi connectivity index (χ2v) is 3.36. The van der Waals surface area contributed by atoms with E-state index in [1.807, 2.05) is 0 Å². The quantitative estimate of drug-likeness (QED) is 0.765. The van der Waals surface area contributed by atoms with Gasteiger partial charge >= 0.3 is 8.60 Å². The van der Waals surface area contributed by atoms with Crippen molar-refractivity contribution in [1.82, 2.24) is 0 Å². The van der Waals surface area contributed by atoms with Gasteiger partial charge in [0.25, 0.3) is 0 Å². The molecule has 1 aromatic carbocycles. The molecule has 0 saturated carbocycles. The molecule has 90 valence electrons. The van der Waals surface area contributed by atoms with Crippen LogP contribution in [0.25, 0.3) is 0 Å². The molecule has 2 N–H and O–H groups in total.